The fourth-order valence-electron chi connectivity index (χ4n) is 2.56. The fourth-order valence-corrected chi connectivity index (χ4v) is 2.56. The highest BCUT2D eigenvalue weighted by Gasteiger charge is 2.07. The zero-order valence-electron chi connectivity index (χ0n) is 11.2. The zero-order chi connectivity index (χ0) is 12.4. The normalized spacial score (nSPS) is 10.6. The van der Waals surface area contributed by atoms with Crippen molar-refractivity contribution in [2.75, 3.05) is 0 Å². The lowest BCUT2D eigenvalue weighted by molar-refractivity contribution is 1.13. The molecule has 0 bridgehead atoms. The van der Waals surface area contributed by atoms with Crippen molar-refractivity contribution in [3.8, 4) is 11.1 Å². The van der Waals surface area contributed by atoms with Gasteiger partial charge in [0.25, 0.3) is 0 Å². The summed E-state index contributed by atoms with van der Waals surface area (Å²) >= 11 is 0. The van der Waals surface area contributed by atoms with Crippen molar-refractivity contribution < 1.29 is 0 Å². The largest absolute Gasteiger partial charge is 0.0617 e. The molecule has 0 saturated carbocycles. The van der Waals surface area contributed by atoms with Gasteiger partial charge >= 0.3 is 0 Å². The smallest absolute Gasteiger partial charge is 0.0123 e. The van der Waals surface area contributed by atoms with Gasteiger partial charge in [0.2, 0.25) is 0 Å². The molecule has 0 heteroatoms. The Morgan fingerprint density at radius 2 is 1.53 bits per heavy atom. The van der Waals surface area contributed by atoms with Crippen molar-refractivity contribution in [3.63, 3.8) is 0 Å². The molecule has 0 unspecified atom stereocenters. The topological polar surface area (TPSA) is 0 Å². The van der Waals surface area contributed by atoms with Gasteiger partial charge in [-0.25, -0.2) is 0 Å². The van der Waals surface area contributed by atoms with Crippen LogP contribution in [-0.4, -0.2) is 0 Å². The molecule has 0 aliphatic heterocycles. The van der Waals surface area contributed by atoms with Gasteiger partial charge in [-0.05, 0) is 49.4 Å². The molecule has 0 heterocycles. The first kappa shape index (κ1) is 11.9. The molecule has 2 rings (SSSR count). The van der Waals surface area contributed by atoms with Gasteiger partial charge < -0.3 is 0 Å². The van der Waals surface area contributed by atoms with E-state index in [0.29, 0.717) is 0 Å². The van der Waals surface area contributed by atoms with Crippen LogP contribution in [0.15, 0.2) is 36.4 Å². The van der Waals surface area contributed by atoms with Crippen molar-refractivity contribution in [2.45, 2.75) is 34.1 Å². The molecule has 0 amide bonds. The van der Waals surface area contributed by atoms with E-state index in [1.54, 1.807) is 0 Å². The molecule has 0 spiro atoms. The molecular formula is C17H20. The Balaban J connectivity index is 2.67. The lowest BCUT2D eigenvalue weighted by Gasteiger charge is -2.13. The summed E-state index contributed by atoms with van der Waals surface area (Å²) in [5.74, 6) is 0. The summed E-state index contributed by atoms with van der Waals surface area (Å²) in [4.78, 5) is 0. The monoisotopic (exact) mass is 224 g/mol. The van der Waals surface area contributed by atoms with Crippen molar-refractivity contribution >= 4 is 0 Å². The molecule has 17 heavy (non-hydrogen) atoms. The number of aryl methyl sites for hydroxylation is 4. The van der Waals surface area contributed by atoms with E-state index in [4.69, 9.17) is 0 Å². The Kier molecular flexibility index (Phi) is 3.33. The van der Waals surface area contributed by atoms with Gasteiger partial charge in [-0.2, -0.15) is 0 Å². The molecule has 2 aromatic rings. The van der Waals surface area contributed by atoms with E-state index in [-0.39, 0.29) is 0 Å². The van der Waals surface area contributed by atoms with Crippen molar-refractivity contribution in [3.05, 3.63) is 58.7 Å². The van der Waals surface area contributed by atoms with E-state index in [9.17, 15) is 0 Å². The molecule has 0 saturated heterocycles. The summed E-state index contributed by atoms with van der Waals surface area (Å²) in [7, 11) is 0. The van der Waals surface area contributed by atoms with Crippen LogP contribution in [0.2, 0.25) is 0 Å². The second-order valence-corrected chi connectivity index (χ2v) is 4.84. The number of benzene rings is 2. The first-order valence-electron chi connectivity index (χ1n) is 6.29. The van der Waals surface area contributed by atoms with Crippen LogP contribution in [0.5, 0.6) is 0 Å². The van der Waals surface area contributed by atoms with Crippen LogP contribution in [0, 0.1) is 20.8 Å². The Bertz CT molecular complexity index is 515. The minimum atomic E-state index is 1.09. The molecule has 0 fully saturated rings. The van der Waals surface area contributed by atoms with Gasteiger partial charge in [0.15, 0.2) is 0 Å². The van der Waals surface area contributed by atoms with E-state index in [1.807, 2.05) is 0 Å². The van der Waals surface area contributed by atoms with Crippen LogP contribution < -0.4 is 0 Å². The first-order chi connectivity index (χ1) is 8.11. The van der Waals surface area contributed by atoms with Gasteiger partial charge in [0, 0.05) is 0 Å². The van der Waals surface area contributed by atoms with Crippen LogP contribution in [0.3, 0.4) is 0 Å². The minimum absolute atomic E-state index is 1.09. The van der Waals surface area contributed by atoms with Gasteiger partial charge in [0.1, 0.15) is 0 Å². The third-order valence-electron chi connectivity index (χ3n) is 3.25. The Labute approximate surface area is 104 Å². The summed E-state index contributed by atoms with van der Waals surface area (Å²) in [5, 5.41) is 0. The molecule has 0 radical (unpaired) electrons. The van der Waals surface area contributed by atoms with Crippen molar-refractivity contribution in [2.24, 2.45) is 0 Å². The maximum atomic E-state index is 2.29. The molecule has 0 N–H and O–H groups in total. The highest BCUT2D eigenvalue weighted by Crippen LogP contribution is 2.29. The molecule has 0 aromatic heterocycles. The second-order valence-electron chi connectivity index (χ2n) is 4.84. The summed E-state index contributed by atoms with van der Waals surface area (Å²) in [5.41, 5.74) is 8.26. The van der Waals surface area contributed by atoms with Crippen LogP contribution in [0.25, 0.3) is 11.1 Å². The fraction of sp³-hybridized carbons (Fsp3) is 0.294. The molecule has 0 aliphatic rings. The van der Waals surface area contributed by atoms with Crippen molar-refractivity contribution in [1.82, 2.24) is 0 Å². The third-order valence-corrected chi connectivity index (χ3v) is 3.25. The molecule has 88 valence electrons. The standard InChI is InChI=1S/C17H20/c1-5-15-8-6-7-14(4)17(15)16-10-12(2)9-13(3)11-16/h6-11H,5H2,1-4H3. The van der Waals surface area contributed by atoms with Crippen LogP contribution in [-0.2, 0) is 6.42 Å². The molecule has 2 aromatic carbocycles. The molecule has 0 atom stereocenters. The summed E-state index contributed by atoms with van der Waals surface area (Å²) in [6.07, 6.45) is 1.09. The van der Waals surface area contributed by atoms with Gasteiger partial charge in [-0.15, -0.1) is 0 Å². The lowest BCUT2D eigenvalue weighted by atomic mass is 9.92. The van der Waals surface area contributed by atoms with E-state index in [1.165, 1.54) is 33.4 Å². The van der Waals surface area contributed by atoms with E-state index < -0.39 is 0 Å². The zero-order valence-corrected chi connectivity index (χ0v) is 11.2. The van der Waals surface area contributed by atoms with Crippen LogP contribution in [0.4, 0.5) is 0 Å². The molecule has 0 aliphatic carbocycles. The average molecular weight is 224 g/mol. The third kappa shape index (κ3) is 2.41. The van der Waals surface area contributed by atoms with Crippen molar-refractivity contribution in [1.29, 1.82) is 0 Å². The van der Waals surface area contributed by atoms with Gasteiger partial charge in [0.05, 0.1) is 0 Å². The highest BCUT2D eigenvalue weighted by molar-refractivity contribution is 5.72. The number of hydrogen-bond donors (Lipinski definition) is 0. The first-order valence-corrected chi connectivity index (χ1v) is 6.29. The maximum Gasteiger partial charge on any atom is -0.0123 e. The Morgan fingerprint density at radius 3 is 2.12 bits per heavy atom. The Hall–Kier alpha value is -1.56. The minimum Gasteiger partial charge on any atom is -0.0617 e. The Morgan fingerprint density at radius 1 is 0.882 bits per heavy atom. The predicted octanol–water partition coefficient (Wildman–Crippen LogP) is 4.84. The maximum absolute atomic E-state index is 2.29. The predicted molar refractivity (Wildman–Crippen MR) is 75.5 cm³/mol. The van der Waals surface area contributed by atoms with Gasteiger partial charge in [-0.1, -0.05) is 54.4 Å². The molecule has 0 nitrogen and oxygen atoms in total. The second kappa shape index (κ2) is 4.75. The number of hydrogen-bond acceptors (Lipinski definition) is 0. The number of rotatable bonds is 2. The summed E-state index contributed by atoms with van der Waals surface area (Å²) in [6, 6.07) is 13.4. The average Bonchev–Trinajstić information content (AvgIpc) is 2.27. The van der Waals surface area contributed by atoms with E-state index in [0.717, 1.165) is 6.42 Å². The SMILES string of the molecule is CCc1cccc(C)c1-c1cc(C)cc(C)c1. The summed E-state index contributed by atoms with van der Waals surface area (Å²) in [6.45, 7) is 8.76. The molecular weight excluding hydrogens is 204 g/mol. The van der Waals surface area contributed by atoms with Crippen LogP contribution in [0.1, 0.15) is 29.2 Å². The lowest BCUT2D eigenvalue weighted by Crippen LogP contribution is -1.92. The van der Waals surface area contributed by atoms with E-state index in [2.05, 4.69) is 64.1 Å². The quantitative estimate of drug-likeness (QED) is 0.684. The summed E-state index contributed by atoms with van der Waals surface area (Å²) < 4.78 is 0. The van der Waals surface area contributed by atoms with E-state index >= 15 is 0 Å². The van der Waals surface area contributed by atoms with Crippen LogP contribution >= 0.6 is 0 Å². The van der Waals surface area contributed by atoms with Gasteiger partial charge in [-0.3, -0.25) is 0 Å². The highest BCUT2D eigenvalue weighted by atomic mass is 14.1.